The molecule has 0 saturated carbocycles. The number of aromatic nitrogens is 1. The van der Waals surface area contributed by atoms with Crippen LogP contribution >= 0.6 is 12.2 Å². The van der Waals surface area contributed by atoms with Crippen LogP contribution in [0.5, 0.6) is 11.5 Å². The molecule has 1 aliphatic heterocycles. The molecule has 2 aromatic carbocycles. The summed E-state index contributed by atoms with van der Waals surface area (Å²) in [7, 11) is 3.18. The molecule has 4 aromatic rings. The fraction of sp³-hybridized carbons (Fsp3) is 0.154. The predicted octanol–water partition coefficient (Wildman–Crippen LogP) is 5.44. The maximum absolute atomic E-state index is 11.3. The summed E-state index contributed by atoms with van der Waals surface area (Å²) >= 11 is 5.78. The molecule has 0 amide bonds. The van der Waals surface area contributed by atoms with Crippen molar-refractivity contribution >= 4 is 28.7 Å². The Balaban J connectivity index is 1.62. The highest BCUT2D eigenvalue weighted by Crippen LogP contribution is 2.46. The highest BCUT2D eigenvalue weighted by atomic mass is 32.1. The second-order valence-corrected chi connectivity index (χ2v) is 8.43. The van der Waals surface area contributed by atoms with E-state index >= 15 is 0 Å². The maximum Gasteiger partial charge on any atom is 0.270 e. The zero-order valence-electron chi connectivity index (χ0n) is 19.5. The van der Waals surface area contributed by atoms with E-state index in [1.54, 1.807) is 44.7 Å². The quantitative estimate of drug-likeness (QED) is 0.201. The third-order valence-electron chi connectivity index (χ3n) is 6.00. The Hall–Kier alpha value is -4.44. The summed E-state index contributed by atoms with van der Waals surface area (Å²) in [5, 5.41) is 15.1. The number of non-ortho nitro benzene ring substituents is 1. The molecule has 1 saturated heterocycles. The molecular formula is C26H22N4O5S. The van der Waals surface area contributed by atoms with Gasteiger partial charge in [0, 0.05) is 30.0 Å². The minimum atomic E-state index is -0.429. The van der Waals surface area contributed by atoms with Crippen molar-refractivity contribution in [2.45, 2.75) is 12.1 Å². The van der Waals surface area contributed by atoms with Gasteiger partial charge in [-0.05, 0) is 48.6 Å². The number of nitrogens with zero attached hydrogens (tertiary/aromatic N) is 3. The van der Waals surface area contributed by atoms with Gasteiger partial charge in [-0.1, -0.05) is 18.2 Å². The van der Waals surface area contributed by atoms with Crippen molar-refractivity contribution < 1.29 is 18.8 Å². The van der Waals surface area contributed by atoms with Gasteiger partial charge in [-0.15, -0.1) is 0 Å². The minimum Gasteiger partial charge on any atom is -0.497 e. The fourth-order valence-electron chi connectivity index (χ4n) is 4.33. The number of ether oxygens (including phenoxy) is 2. The second-order valence-electron chi connectivity index (χ2n) is 8.04. The van der Waals surface area contributed by atoms with Gasteiger partial charge in [0.25, 0.3) is 5.69 Å². The molecule has 0 spiro atoms. The molecule has 2 aromatic heterocycles. The number of anilines is 1. The van der Waals surface area contributed by atoms with Gasteiger partial charge in [0.05, 0.1) is 36.6 Å². The second kappa shape index (κ2) is 9.67. The van der Waals surface area contributed by atoms with Crippen molar-refractivity contribution in [3.63, 3.8) is 0 Å². The third kappa shape index (κ3) is 4.22. The molecule has 1 aliphatic rings. The first-order valence-corrected chi connectivity index (χ1v) is 11.5. The van der Waals surface area contributed by atoms with Crippen LogP contribution in [0.2, 0.25) is 0 Å². The Labute approximate surface area is 212 Å². The number of thiocarbonyl (C=S) groups is 1. The first-order valence-electron chi connectivity index (χ1n) is 11.1. The first kappa shape index (κ1) is 23.3. The zero-order chi connectivity index (χ0) is 25.2. The average Bonchev–Trinajstić information content (AvgIpc) is 3.53. The molecule has 3 heterocycles. The summed E-state index contributed by atoms with van der Waals surface area (Å²) in [5.74, 6) is 2.35. The largest absolute Gasteiger partial charge is 0.497 e. The van der Waals surface area contributed by atoms with Crippen LogP contribution in [0.25, 0.3) is 11.3 Å². The lowest BCUT2D eigenvalue weighted by atomic mass is 10.0. The lowest BCUT2D eigenvalue weighted by molar-refractivity contribution is -0.384. The van der Waals surface area contributed by atoms with E-state index in [1.807, 2.05) is 41.3 Å². The highest BCUT2D eigenvalue weighted by Gasteiger charge is 2.43. The molecule has 1 fully saturated rings. The molecule has 182 valence electrons. The normalized spacial score (nSPS) is 17.1. The van der Waals surface area contributed by atoms with Gasteiger partial charge >= 0.3 is 0 Å². The Morgan fingerprint density at radius 2 is 1.92 bits per heavy atom. The summed E-state index contributed by atoms with van der Waals surface area (Å²) < 4.78 is 17.3. The van der Waals surface area contributed by atoms with Crippen LogP contribution in [0.3, 0.4) is 0 Å². The van der Waals surface area contributed by atoms with Crippen LogP contribution in [0.4, 0.5) is 11.4 Å². The lowest BCUT2D eigenvalue weighted by Crippen LogP contribution is -2.29. The number of hydrogen-bond acceptors (Lipinski definition) is 7. The fourth-order valence-corrected chi connectivity index (χ4v) is 4.67. The average molecular weight is 503 g/mol. The van der Waals surface area contributed by atoms with Crippen LogP contribution < -0.4 is 19.7 Å². The molecule has 36 heavy (non-hydrogen) atoms. The standard InChI is InChI=1S/C26H22N4O5S/c1-33-18-9-10-20(23(15-18)34-2)29-25(24(28-26(29)36)19-8-3-4-13-27-19)22-12-11-21(35-22)16-6-5-7-17(14-16)30(31)32/h3-15,24-25H,1-2H3,(H,28,36)/t24-,25+/m0/s1. The molecule has 1 N–H and O–H groups in total. The van der Waals surface area contributed by atoms with Crippen LogP contribution in [-0.2, 0) is 0 Å². The van der Waals surface area contributed by atoms with Crippen molar-refractivity contribution in [1.29, 1.82) is 0 Å². The first-order chi connectivity index (χ1) is 17.5. The molecule has 0 aliphatic carbocycles. The van der Waals surface area contributed by atoms with Gasteiger partial charge in [0.15, 0.2) is 5.11 Å². The summed E-state index contributed by atoms with van der Waals surface area (Å²) in [6, 6.07) is 20.4. The molecule has 10 heteroatoms. The summed E-state index contributed by atoms with van der Waals surface area (Å²) in [6.45, 7) is 0. The van der Waals surface area contributed by atoms with E-state index in [4.69, 9.17) is 26.1 Å². The van der Waals surface area contributed by atoms with Crippen molar-refractivity contribution in [2.24, 2.45) is 0 Å². The van der Waals surface area contributed by atoms with Crippen LogP contribution in [0, 0.1) is 10.1 Å². The van der Waals surface area contributed by atoms with Crippen LogP contribution in [-0.4, -0.2) is 29.2 Å². The topological polar surface area (TPSA) is 103 Å². The monoisotopic (exact) mass is 502 g/mol. The highest BCUT2D eigenvalue weighted by molar-refractivity contribution is 7.80. The number of nitrogens with one attached hydrogen (secondary N) is 1. The van der Waals surface area contributed by atoms with E-state index < -0.39 is 11.0 Å². The van der Waals surface area contributed by atoms with Crippen molar-refractivity contribution in [1.82, 2.24) is 10.3 Å². The number of furan rings is 1. The van der Waals surface area contributed by atoms with E-state index in [0.717, 1.165) is 11.4 Å². The van der Waals surface area contributed by atoms with Gasteiger partial charge in [0.1, 0.15) is 29.1 Å². The zero-order valence-corrected chi connectivity index (χ0v) is 20.3. The Morgan fingerprint density at radius 3 is 2.64 bits per heavy atom. The molecule has 2 atom stereocenters. The Morgan fingerprint density at radius 1 is 1.06 bits per heavy atom. The van der Waals surface area contributed by atoms with Crippen LogP contribution in [0.1, 0.15) is 23.5 Å². The summed E-state index contributed by atoms with van der Waals surface area (Å²) in [5.41, 5.74) is 2.11. The van der Waals surface area contributed by atoms with E-state index in [2.05, 4.69) is 10.3 Å². The number of nitro groups is 1. The van der Waals surface area contributed by atoms with Gasteiger partial charge in [0.2, 0.25) is 0 Å². The minimum absolute atomic E-state index is 0.00915. The van der Waals surface area contributed by atoms with Gasteiger partial charge in [-0.25, -0.2) is 0 Å². The van der Waals surface area contributed by atoms with Gasteiger partial charge in [-0.3, -0.25) is 15.1 Å². The molecule has 9 nitrogen and oxygen atoms in total. The summed E-state index contributed by atoms with van der Waals surface area (Å²) in [6.07, 6.45) is 1.73. The van der Waals surface area contributed by atoms with Crippen molar-refractivity contribution in [2.75, 3.05) is 19.1 Å². The smallest absolute Gasteiger partial charge is 0.270 e. The predicted molar refractivity (Wildman–Crippen MR) is 138 cm³/mol. The van der Waals surface area contributed by atoms with Gasteiger partial charge < -0.3 is 24.1 Å². The number of methoxy groups -OCH3 is 2. The van der Waals surface area contributed by atoms with Crippen molar-refractivity contribution in [3.8, 4) is 22.8 Å². The lowest BCUT2D eigenvalue weighted by Gasteiger charge is -2.27. The van der Waals surface area contributed by atoms with E-state index in [1.165, 1.54) is 12.1 Å². The number of rotatable bonds is 7. The van der Waals surface area contributed by atoms with Gasteiger partial charge in [-0.2, -0.15) is 0 Å². The maximum atomic E-state index is 11.3. The molecule has 0 unspecified atom stereocenters. The van der Waals surface area contributed by atoms with Crippen molar-refractivity contribution in [3.05, 3.63) is 101 Å². The Kier molecular flexibility index (Phi) is 6.26. The van der Waals surface area contributed by atoms with Crippen LogP contribution in [0.15, 0.2) is 83.4 Å². The Bertz CT molecular complexity index is 1420. The molecular weight excluding hydrogens is 480 g/mol. The molecule has 5 rings (SSSR count). The van der Waals surface area contributed by atoms with E-state index in [9.17, 15) is 10.1 Å². The number of hydrogen-bond donors (Lipinski definition) is 1. The number of benzene rings is 2. The third-order valence-corrected chi connectivity index (χ3v) is 6.32. The summed E-state index contributed by atoms with van der Waals surface area (Å²) in [4.78, 5) is 17.3. The van der Waals surface area contributed by atoms with E-state index in [0.29, 0.717) is 33.7 Å². The number of nitro benzene ring substituents is 1. The molecule has 0 bridgehead atoms. The SMILES string of the molecule is COc1ccc(N2C(=S)N[C@@H](c3ccccn3)[C@H]2c2ccc(-c3cccc([N+](=O)[O-])c3)o2)c(OC)c1. The number of pyridine rings is 1. The molecule has 0 radical (unpaired) electrons. The van der Waals surface area contributed by atoms with E-state index in [-0.39, 0.29) is 11.7 Å².